The van der Waals surface area contributed by atoms with E-state index in [0.29, 0.717) is 6.54 Å². The number of nitrogens with one attached hydrogen (secondary N) is 2. The average Bonchev–Trinajstić information content (AvgIpc) is 2.93. The topological polar surface area (TPSA) is 56.7 Å². The van der Waals surface area contributed by atoms with E-state index in [1.54, 1.807) is 11.8 Å². The van der Waals surface area contributed by atoms with Gasteiger partial charge in [0.1, 0.15) is 0 Å². The molecule has 1 aromatic rings. The molecule has 23 heavy (non-hydrogen) atoms. The lowest BCUT2D eigenvalue weighted by atomic mass is 10.0. The largest absolute Gasteiger partial charge is 0.387 e. The Balaban J connectivity index is 0.00000264. The van der Waals surface area contributed by atoms with Crippen molar-refractivity contribution in [2.75, 3.05) is 24.6 Å². The number of aliphatic imine (C=N–C) groups is 1. The molecule has 0 aliphatic carbocycles. The minimum atomic E-state index is -0.656. The summed E-state index contributed by atoms with van der Waals surface area (Å²) in [5, 5.41) is 17.7. The Morgan fingerprint density at radius 2 is 2.13 bits per heavy atom. The number of benzene rings is 1. The molecule has 0 radical (unpaired) electrons. The minimum Gasteiger partial charge on any atom is -0.387 e. The van der Waals surface area contributed by atoms with Crippen molar-refractivity contribution in [1.29, 1.82) is 0 Å². The van der Waals surface area contributed by atoms with Crippen molar-refractivity contribution in [3.05, 3.63) is 34.9 Å². The summed E-state index contributed by atoms with van der Waals surface area (Å²) in [6.07, 6.45) is 0.813. The van der Waals surface area contributed by atoms with Gasteiger partial charge in [-0.15, -0.1) is 24.0 Å². The zero-order valence-electron chi connectivity index (χ0n) is 13.5. The van der Waals surface area contributed by atoms with E-state index in [2.05, 4.69) is 22.5 Å². The number of thioether (sulfide) groups is 1. The van der Waals surface area contributed by atoms with E-state index in [1.807, 2.05) is 31.2 Å². The SMILES string of the molecule is CCNC(=NCC1(O)CCSC1)NC(C)c1ccc(Cl)cc1.I. The van der Waals surface area contributed by atoms with Gasteiger partial charge in [-0.05, 0) is 43.7 Å². The van der Waals surface area contributed by atoms with E-state index in [0.717, 1.165) is 41.0 Å². The number of hydrogen-bond donors (Lipinski definition) is 3. The second-order valence-electron chi connectivity index (χ2n) is 5.64. The third kappa shape index (κ3) is 6.68. The summed E-state index contributed by atoms with van der Waals surface area (Å²) < 4.78 is 0. The maximum absolute atomic E-state index is 10.4. The molecule has 4 nitrogen and oxygen atoms in total. The highest BCUT2D eigenvalue weighted by Crippen LogP contribution is 2.27. The summed E-state index contributed by atoms with van der Waals surface area (Å²) in [4.78, 5) is 4.56. The Kier molecular flexibility index (Phi) is 9.03. The van der Waals surface area contributed by atoms with Gasteiger partial charge in [0, 0.05) is 17.3 Å². The number of nitrogens with zero attached hydrogens (tertiary/aromatic N) is 1. The number of guanidine groups is 1. The fourth-order valence-electron chi connectivity index (χ4n) is 2.31. The van der Waals surface area contributed by atoms with Crippen molar-refractivity contribution in [3.8, 4) is 0 Å². The van der Waals surface area contributed by atoms with Gasteiger partial charge in [-0.2, -0.15) is 11.8 Å². The molecule has 2 unspecified atom stereocenters. The van der Waals surface area contributed by atoms with Crippen LogP contribution in [0.4, 0.5) is 0 Å². The second kappa shape index (κ2) is 9.96. The summed E-state index contributed by atoms with van der Waals surface area (Å²) >= 11 is 7.71. The number of hydrogen-bond acceptors (Lipinski definition) is 3. The molecule has 3 N–H and O–H groups in total. The van der Waals surface area contributed by atoms with E-state index < -0.39 is 5.60 Å². The molecule has 0 bridgehead atoms. The molecule has 1 aliphatic rings. The zero-order valence-corrected chi connectivity index (χ0v) is 17.4. The highest BCUT2D eigenvalue weighted by Gasteiger charge is 2.31. The van der Waals surface area contributed by atoms with Crippen molar-refractivity contribution in [2.45, 2.75) is 31.9 Å². The number of rotatable bonds is 5. The van der Waals surface area contributed by atoms with Crippen LogP contribution >= 0.6 is 47.3 Å². The van der Waals surface area contributed by atoms with Gasteiger partial charge in [0.25, 0.3) is 0 Å². The van der Waals surface area contributed by atoms with Crippen LogP contribution in [-0.2, 0) is 0 Å². The fraction of sp³-hybridized carbons (Fsp3) is 0.562. The molecule has 2 atom stereocenters. The predicted octanol–water partition coefficient (Wildman–Crippen LogP) is 3.44. The fourth-order valence-corrected chi connectivity index (χ4v) is 3.72. The third-order valence-corrected chi connectivity index (χ3v) is 5.17. The van der Waals surface area contributed by atoms with Gasteiger partial charge < -0.3 is 15.7 Å². The third-order valence-electron chi connectivity index (χ3n) is 3.68. The number of aliphatic hydroxyl groups is 1. The van der Waals surface area contributed by atoms with Crippen LogP contribution in [0.2, 0.25) is 5.02 Å². The Hall–Kier alpha value is -0.180. The van der Waals surface area contributed by atoms with E-state index in [1.165, 1.54) is 0 Å². The molecule has 7 heteroatoms. The van der Waals surface area contributed by atoms with Crippen LogP contribution < -0.4 is 10.6 Å². The second-order valence-corrected chi connectivity index (χ2v) is 7.18. The summed E-state index contributed by atoms with van der Waals surface area (Å²) in [5.74, 6) is 2.51. The Bertz CT molecular complexity index is 507. The van der Waals surface area contributed by atoms with Crippen LogP contribution in [0.3, 0.4) is 0 Å². The van der Waals surface area contributed by atoms with Crippen LogP contribution in [0.1, 0.15) is 31.9 Å². The summed E-state index contributed by atoms with van der Waals surface area (Å²) in [6.45, 7) is 5.33. The van der Waals surface area contributed by atoms with Gasteiger partial charge in [-0.1, -0.05) is 23.7 Å². The van der Waals surface area contributed by atoms with Crippen LogP contribution in [0.15, 0.2) is 29.3 Å². The molecule has 130 valence electrons. The normalized spacial score (nSPS) is 22.3. The standard InChI is InChI=1S/C16H24ClN3OS.HI/c1-3-18-15(19-10-16(21)8-9-22-11-16)20-12(2)13-4-6-14(17)7-5-13;/h4-7,12,21H,3,8-11H2,1-2H3,(H2,18,19,20);1H. The average molecular weight is 470 g/mol. The first-order chi connectivity index (χ1) is 10.5. The van der Waals surface area contributed by atoms with Crippen molar-refractivity contribution < 1.29 is 5.11 Å². The van der Waals surface area contributed by atoms with Crippen LogP contribution in [0.25, 0.3) is 0 Å². The lowest BCUT2D eigenvalue weighted by Gasteiger charge is -2.22. The molecule has 0 saturated carbocycles. The maximum Gasteiger partial charge on any atom is 0.191 e. The van der Waals surface area contributed by atoms with Crippen molar-refractivity contribution in [3.63, 3.8) is 0 Å². The molecule has 2 rings (SSSR count). The molecule has 1 fully saturated rings. The predicted molar refractivity (Wildman–Crippen MR) is 111 cm³/mol. The Labute approximate surface area is 164 Å². The molecule has 1 saturated heterocycles. The van der Waals surface area contributed by atoms with Gasteiger partial charge >= 0.3 is 0 Å². The Morgan fingerprint density at radius 1 is 1.43 bits per heavy atom. The number of halogens is 2. The van der Waals surface area contributed by atoms with Crippen molar-refractivity contribution in [2.24, 2.45) is 4.99 Å². The van der Waals surface area contributed by atoms with Crippen LogP contribution in [0, 0.1) is 0 Å². The molecule has 1 aliphatic heterocycles. The van der Waals surface area contributed by atoms with Gasteiger partial charge in [-0.3, -0.25) is 4.99 Å². The van der Waals surface area contributed by atoms with Crippen molar-refractivity contribution >= 4 is 53.3 Å². The quantitative estimate of drug-likeness (QED) is 0.351. The van der Waals surface area contributed by atoms with E-state index >= 15 is 0 Å². The molecular formula is C16H25ClIN3OS. The highest BCUT2D eigenvalue weighted by atomic mass is 127. The van der Waals surface area contributed by atoms with Crippen LogP contribution in [0.5, 0.6) is 0 Å². The summed E-state index contributed by atoms with van der Waals surface area (Å²) in [6, 6.07) is 7.90. The van der Waals surface area contributed by atoms with Gasteiger partial charge in [0.15, 0.2) is 5.96 Å². The first kappa shape index (κ1) is 20.9. The van der Waals surface area contributed by atoms with Crippen LogP contribution in [-0.4, -0.2) is 41.3 Å². The zero-order chi connectivity index (χ0) is 16.0. The van der Waals surface area contributed by atoms with Crippen molar-refractivity contribution in [1.82, 2.24) is 10.6 Å². The summed E-state index contributed by atoms with van der Waals surface area (Å²) in [5.41, 5.74) is 0.487. The van der Waals surface area contributed by atoms with Gasteiger partial charge in [0.05, 0.1) is 18.2 Å². The monoisotopic (exact) mass is 469 g/mol. The van der Waals surface area contributed by atoms with E-state index in [4.69, 9.17) is 11.6 Å². The van der Waals surface area contributed by atoms with E-state index in [9.17, 15) is 5.11 Å². The van der Waals surface area contributed by atoms with Gasteiger partial charge in [0.2, 0.25) is 0 Å². The molecule has 0 spiro atoms. The maximum atomic E-state index is 10.4. The molecule has 0 aromatic heterocycles. The molecule has 1 aromatic carbocycles. The first-order valence-corrected chi connectivity index (χ1v) is 9.16. The smallest absolute Gasteiger partial charge is 0.191 e. The molecule has 1 heterocycles. The Morgan fingerprint density at radius 3 is 2.70 bits per heavy atom. The minimum absolute atomic E-state index is 0. The lowest BCUT2D eigenvalue weighted by molar-refractivity contribution is 0.0778. The summed E-state index contributed by atoms with van der Waals surface area (Å²) in [7, 11) is 0. The van der Waals surface area contributed by atoms with E-state index in [-0.39, 0.29) is 30.0 Å². The highest BCUT2D eigenvalue weighted by molar-refractivity contribution is 14.0. The van der Waals surface area contributed by atoms with Gasteiger partial charge in [-0.25, -0.2) is 0 Å². The first-order valence-electron chi connectivity index (χ1n) is 7.63. The molecule has 0 amide bonds. The molecular weight excluding hydrogens is 445 g/mol. The lowest BCUT2D eigenvalue weighted by Crippen LogP contribution is -2.41.